The van der Waals surface area contributed by atoms with Crippen molar-refractivity contribution in [2.75, 3.05) is 13.7 Å². The second kappa shape index (κ2) is 6.22. The highest BCUT2D eigenvalue weighted by atomic mass is 16.5. The smallest absolute Gasteiger partial charge is 0.329 e. The maximum atomic E-state index is 12.7. The third kappa shape index (κ3) is 2.71. The fourth-order valence-electron chi connectivity index (χ4n) is 2.95. The van der Waals surface area contributed by atoms with Crippen molar-refractivity contribution in [3.05, 3.63) is 41.1 Å². The number of esters is 1. The third-order valence-corrected chi connectivity index (χ3v) is 4.17. The van der Waals surface area contributed by atoms with Crippen LogP contribution in [0, 0.1) is 5.92 Å². The van der Waals surface area contributed by atoms with E-state index in [1.165, 1.54) is 12.1 Å². The van der Waals surface area contributed by atoms with Crippen LogP contribution < -0.4 is 0 Å². The minimum absolute atomic E-state index is 0.114. The van der Waals surface area contributed by atoms with Crippen LogP contribution in [0.5, 0.6) is 5.75 Å². The predicted octanol–water partition coefficient (Wildman–Crippen LogP) is 2.36. The van der Waals surface area contributed by atoms with Crippen LogP contribution in [-0.2, 0) is 9.53 Å². The molecule has 5 heteroatoms. The number of nitrogens with zero attached hydrogens (tertiary/aromatic N) is 1. The van der Waals surface area contributed by atoms with Crippen molar-refractivity contribution in [1.82, 2.24) is 4.90 Å². The Morgan fingerprint density at radius 1 is 1.27 bits per heavy atom. The summed E-state index contributed by atoms with van der Waals surface area (Å²) in [5, 5.41) is 9.33. The first-order valence-electron chi connectivity index (χ1n) is 7.32. The normalized spacial score (nSPS) is 21.2. The van der Waals surface area contributed by atoms with E-state index in [9.17, 15) is 14.7 Å². The third-order valence-electron chi connectivity index (χ3n) is 4.17. The Balaban J connectivity index is 2.32. The lowest BCUT2D eigenvalue weighted by molar-refractivity contribution is -0.148. The molecule has 0 spiro atoms. The summed E-state index contributed by atoms with van der Waals surface area (Å²) in [5.74, 6) is -0.567. The molecule has 1 heterocycles. The zero-order chi connectivity index (χ0) is 16.4. The summed E-state index contributed by atoms with van der Waals surface area (Å²) in [4.78, 5) is 26.7. The van der Waals surface area contributed by atoms with Crippen LogP contribution in [0.2, 0.25) is 0 Å². The van der Waals surface area contributed by atoms with Crippen molar-refractivity contribution in [3.63, 3.8) is 0 Å². The monoisotopic (exact) mass is 303 g/mol. The highest BCUT2D eigenvalue weighted by molar-refractivity contribution is 6.10. The number of benzene rings is 1. The number of carbonyl (C=O) groups is 2. The van der Waals surface area contributed by atoms with Crippen LogP contribution in [0.1, 0.15) is 31.1 Å². The van der Waals surface area contributed by atoms with E-state index < -0.39 is 6.04 Å². The molecule has 22 heavy (non-hydrogen) atoms. The van der Waals surface area contributed by atoms with Crippen LogP contribution >= 0.6 is 0 Å². The van der Waals surface area contributed by atoms with Crippen molar-refractivity contribution < 1.29 is 19.4 Å². The number of allylic oxidation sites excluding steroid dienone is 1. The molecular formula is C17H21NO4. The molecule has 0 saturated heterocycles. The Kier molecular flexibility index (Phi) is 4.54. The van der Waals surface area contributed by atoms with Crippen molar-refractivity contribution >= 4 is 11.8 Å². The average Bonchev–Trinajstić information content (AvgIpc) is 2.69. The van der Waals surface area contributed by atoms with Crippen molar-refractivity contribution in [2.45, 2.75) is 26.8 Å². The minimum atomic E-state index is -0.476. The molecule has 2 rings (SSSR count). The lowest BCUT2D eigenvalue weighted by atomic mass is 9.90. The topological polar surface area (TPSA) is 66.8 Å². The minimum Gasteiger partial charge on any atom is -0.508 e. The molecule has 0 saturated carbocycles. The first-order valence-corrected chi connectivity index (χ1v) is 7.32. The first-order chi connectivity index (χ1) is 10.4. The van der Waals surface area contributed by atoms with Gasteiger partial charge in [0.15, 0.2) is 5.78 Å². The molecule has 1 aliphatic rings. The van der Waals surface area contributed by atoms with Gasteiger partial charge in [0, 0.05) is 29.8 Å². The zero-order valence-electron chi connectivity index (χ0n) is 13.3. The molecule has 0 bridgehead atoms. The van der Waals surface area contributed by atoms with Crippen LogP contribution in [0.25, 0.3) is 0 Å². The first kappa shape index (κ1) is 16.1. The van der Waals surface area contributed by atoms with Gasteiger partial charge in [-0.05, 0) is 38.1 Å². The fourth-order valence-corrected chi connectivity index (χ4v) is 2.95. The second-order valence-corrected chi connectivity index (χ2v) is 5.47. The number of ketones is 1. The van der Waals surface area contributed by atoms with Gasteiger partial charge >= 0.3 is 5.97 Å². The van der Waals surface area contributed by atoms with Gasteiger partial charge in [-0.15, -0.1) is 0 Å². The molecule has 0 radical (unpaired) electrons. The maximum absolute atomic E-state index is 12.7. The second-order valence-electron chi connectivity index (χ2n) is 5.47. The lowest BCUT2D eigenvalue weighted by Crippen LogP contribution is -2.39. The molecule has 0 amide bonds. The summed E-state index contributed by atoms with van der Waals surface area (Å²) in [5.41, 5.74) is 1.90. The number of ether oxygens (including phenoxy) is 1. The van der Waals surface area contributed by atoms with Crippen LogP contribution in [-0.4, -0.2) is 41.5 Å². The van der Waals surface area contributed by atoms with Crippen LogP contribution in [0.3, 0.4) is 0 Å². The summed E-state index contributed by atoms with van der Waals surface area (Å²) >= 11 is 0. The molecule has 1 aromatic rings. The van der Waals surface area contributed by atoms with E-state index in [1.807, 2.05) is 13.8 Å². The van der Waals surface area contributed by atoms with Crippen molar-refractivity contribution in [2.24, 2.45) is 5.92 Å². The number of likely N-dealkylation sites (N-methyl/N-ethyl adjacent to an activating group) is 1. The summed E-state index contributed by atoms with van der Waals surface area (Å²) in [6, 6.07) is 5.66. The molecule has 0 aromatic heterocycles. The van der Waals surface area contributed by atoms with Crippen molar-refractivity contribution in [3.8, 4) is 5.75 Å². The Morgan fingerprint density at radius 2 is 1.86 bits per heavy atom. The number of aromatic hydroxyl groups is 1. The Labute approximate surface area is 130 Å². The van der Waals surface area contributed by atoms with Gasteiger partial charge in [-0.2, -0.15) is 0 Å². The van der Waals surface area contributed by atoms with Gasteiger partial charge in [-0.3, -0.25) is 4.79 Å². The van der Waals surface area contributed by atoms with Gasteiger partial charge in [0.1, 0.15) is 11.8 Å². The molecule has 0 fully saturated rings. The van der Waals surface area contributed by atoms with Gasteiger partial charge in [0.2, 0.25) is 0 Å². The SMILES string of the molecule is CCOC(=O)C1C(C)C(C(=O)c2ccc(O)cc2)=C(C)N1C. The summed E-state index contributed by atoms with van der Waals surface area (Å²) in [6.45, 7) is 5.78. The number of phenolic OH excluding ortho intramolecular Hbond substituents is 1. The standard InChI is InChI=1S/C17H21NO4/c1-5-22-17(21)15-10(2)14(11(3)18(15)4)16(20)12-6-8-13(19)9-7-12/h6-10,15,19H,5H2,1-4H3. The predicted molar refractivity (Wildman–Crippen MR) is 82.5 cm³/mol. The van der Waals surface area contributed by atoms with E-state index >= 15 is 0 Å². The summed E-state index contributed by atoms with van der Waals surface area (Å²) < 4.78 is 5.11. The molecular weight excluding hydrogens is 282 g/mol. The lowest BCUT2D eigenvalue weighted by Gasteiger charge is -2.24. The van der Waals surface area contributed by atoms with E-state index in [2.05, 4.69) is 0 Å². The molecule has 1 aromatic carbocycles. The quantitative estimate of drug-likeness (QED) is 0.683. The summed E-state index contributed by atoms with van der Waals surface area (Å²) in [6.07, 6.45) is 0. The molecule has 2 atom stereocenters. The Bertz CT molecular complexity index is 618. The van der Waals surface area contributed by atoms with Gasteiger partial charge in [0.25, 0.3) is 0 Å². The number of Topliss-reactive ketones (excluding diaryl/α,β-unsaturated/α-hetero) is 1. The van der Waals surface area contributed by atoms with E-state index in [1.54, 1.807) is 31.0 Å². The number of carbonyl (C=O) groups excluding carboxylic acids is 2. The molecule has 1 N–H and O–H groups in total. The van der Waals surface area contributed by atoms with Crippen LogP contribution in [0.15, 0.2) is 35.5 Å². The van der Waals surface area contributed by atoms with Gasteiger partial charge < -0.3 is 14.7 Å². The number of hydrogen-bond acceptors (Lipinski definition) is 5. The molecule has 1 aliphatic heterocycles. The van der Waals surface area contributed by atoms with E-state index in [-0.39, 0.29) is 23.4 Å². The molecule has 0 aliphatic carbocycles. The largest absolute Gasteiger partial charge is 0.508 e. The van der Waals surface area contributed by atoms with Gasteiger partial charge in [-0.1, -0.05) is 6.92 Å². The van der Waals surface area contributed by atoms with E-state index in [0.29, 0.717) is 17.7 Å². The molecule has 5 nitrogen and oxygen atoms in total. The highest BCUT2D eigenvalue weighted by Crippen LogP contribution is 2.35. The maximum Gasteiger partial charge on any atom is 0.329 e. The Morgan fingerprint density at radius 3 is 2.41 bits per heavy atom. The highest BCUT2D eigenvalue weighted by Gasteiger charge is 2.42. The van der Waals surface area contributed by atoms with Gasteiger partial charge in [-0.25, -0.2) is 4.79 Å². The number of rotatable bonds is 4. The Hall–Kier alpha value is -2.30. The van der Waals surface area contributed by atoms with E-state index in [0.717, 1.165) is 5.70 Å². The van der Waals surface area contributed by atoms with E-state index in [4.69, 9.17) is 4.74 Å². The van der Waals surface area contributed by atoms with Gasteiger partial charge in [0.05, 0.1) is 6.61 Å². The number of hydrogen-bond donors (Lipinski definition) is 1. The fraction of sp³-hybridized carbons (Fsp3) is 0.412. The average molecular weight is 303 g/mol. The summed E-state index contributed by atoms with van der Waals surface area (Å²) in [7, 11) is 1.80. The van der Waals surface area contributed by atoms with Crippen molar-refractivity contribution in [1.29, 1.82) is 0 Å². The van der Waals surface area contributed by atoms with Crippen LogP contribution in [0.4, 0.5) is 0 Å². The molecule has 2 unspecified atom stereocenters. The molecule has 118 valence electrons. The zero-order valence-corrected chi connectivity index (χ0v) is 13.3. The number of phenols is 1.